The summed E-state index contributed by atoms with van der Waals surface area (Å²) in [5.74, 6) is 0.823. The summed E-state index contributed by atoms with van der Waals surface area (Å²) in [4.78, 5) is 28.9. The molecule has 0 aliphatic carbocycles. The average molecular weight is 347 g/mol. The largest absolute Gasteiger partial charge is 0.508 e. The van der Waals surface area contributed by atoms with Gasteiger partial charge in [-0.2, -0.15) is 0 Å². The highest BCUT2D eigenvalue weighted by atomic mass is 16.3. The van der Waals surface area contributed by atoms with Gasteiger partial charge in [0.25, 0.3) is 5.56 Å². The zero-order valence-corrected chi connectivity index (χ0v) is 14.6. The molecule has 7 heteroatoms. The van der Waals surface area contributed by atoms with Crippen molar-refractivity contribution >= 4 is 11.0 Å². The molecule has 0 aliphatic heterocycles. The van der Waals surface area contributed by atoms with Gasteiger partial charge >= 0.3 is 0 Å². The highest BCUT2D eigenvalue weighted by molar-refractivity contribution is 5.82. The Balaban J connectivity index is 1.93. The van der Waals surface area contributed by atoms with Gasteiger partial charge in [0.15, 0.2) is 0 Å². The SMILES string of the molecule is Cc1ncc(-c2cc3c(=O)n(-c4c(C)ccc(O)c4C)cnc3[nH]2)cn1. The Hall–Kier alpha value is -3.48. The Labute approximate surface area is 149 Å². The van der Waals surface area contributed by atoms with E-state index in [-0.39, 0.29) is 11.3 Å². The first-order chi connectivity index (χ1) is 12.5. The Morgan fingerprint density at radius 3 is 2.54 bits per heavy atom. The maximum absolute atomic E-state index is 13.0. The summed E-state index contributed by atoms with van der Waals surface area (Å²) in [6.45, 7) is 5.49. The molecule has 0 radical (unpaired) electrons. The molecule has 0 saturated carbocycles. The number of hydrogen-bond donors (Lipinski definition) is 2. The van der Waals surface area contributed by atoms with Crippen molar-refractivity contribution in [2.24, 2.45) is 0 Å². The van der Waals surface area contributed by atoms with Crippen molar-refractivity contribution in [3.63, 3.8) is 0 Å². The summed E-state index contributed by atoms with van der Waals surface area (Å²) in [6, 6.07) is 5.15. The van der Waals surface area contributed by atoms with Gasteiger partial charge in [-0.3, -0.25) is 9.36 Å². The summed E-state index contributed by atoms with van der Waals surface area (Å²) in [6.07, 6.45) is 4.88. The van der Waals surface area contributed by atoms with Gasteiger partial charge in [0, 0.05) is 23.5 Å². The first-order valence-corrected chi connectivity index (χ1v) is 8.14. The van der Waals surface area contributed by atoms with Crippen molar-refractivity contribution < 1.29 is 5.11 Å². The molecule has 7 nitrogen and oxygen atoms in total. The second kappa shape index (κ2) is 5.80. The molecule has 0 aliphatic rings. The number of hydrogen-bond acceptors (Lipinski definition) is 5. The van der Waals surface area contributed by atoms with Crippen LogP contribution in [0.5, 0.6) is 5.75 Å². The molecule has 26 heavy (non-hydrogen) atoms. The summed E-state index contributed by atoms with van der Waals surface area (Å²) in [5.41, 5.74) is 3.96. The predicted molar refractivity (Wildman–Crippen MR) is 98.6 cm³/mol. The number of aromatic hydroxyl groups is 1. The lowest BCUT2D eigenvalue weighted by atomic mass is 10.1. The van der Waals surface area contributed by atoms with E-state index in [0.29, 0.717) is 28.1 Å². The smallest absolute Gasteiger partial charge is 0.267 e. The van der Waals surface area contributed by atoms with Crippen molar-refractivity contribution in [3.8, 4) is 22.7 Å². The number of phenols is 1. The van der Waals surface area contributed by atoms with E-state index in [9.17, 15) is 9.90 Å². The first-order valence-electron chi connectivity index (χ1n) is 8.14. The van der Waals surface area contributed by atoms with Crippen LogP contribution < -0.4 is 5.56 Å². The van der Waals surface area contributed by atoms with E-state index < -0.39 is 0 Å². The number of aryl methyl sites for hydroxylation is 2. The maximum Gasteiger partial charge on any atom is 0.267 e. The van der Waals surface area contributed by atoms with Crippen molar-refractivity contribution in [1.82, 2.24) is 24.5 Å². The average Bonchev–Trinajstić information content (AvgIpc) is 3.06. The Bertz CT molecular complexity index is 1190. The molecule has 1 aromatic carbocycles. The Morgan fingerprint density at radius 1 is 1.08 bits per heavy atom. The van der Waals surface area contributed by atoms with Crippen LogP contribution in [0, 0.1) is 20.8 Å². The third-order valence-electron chi connectivity index (χ3n) is 4.49. The molecule has 0 spiro atoms. The van der Waals surface area contributed by atoms with Crippen LogP contribution in [0.3, 0.4) is 0 Å². The molecule has 2 N–H and O–H groups in total. The first kappa shape index (κ1) is 16.0. The van der Waals surface area contributed by atoms with Gasteiger partial charge in [0.2, 0.25) is 0 Å². The molecule has 0 saturated heterocycles. The fourth-order valence-electron chi connectivity index (χ4n) is 3.05. The Kier molecular flexibility index (Phi) is 3.57. The lowest BCUT2D eigenvalue weighted by Crippen LogP contribution is -2.20. The fourth-order valence-corrected chi connectivity index (χ4v) is 3.05. The summed E-state index contributed by atoms with van der Waals surface area (Å²) in [5, 5.41) is 10.5. The molecule has 0 atom stereocenters. The van der Waals surface area contributed by atoms with Gasteiger partial charge in [-0.1, -0.05) is 6.07 Å². The van der Waals surface area contributed by atoms with Crippen LogP contribution in [-0.2, 0) is 0 Å². The minimum absolute atomic E-state index is 0.143. The maximum atomic E-state index is 13.0. The van der Waals surface area contributed by atoms with E-state index in [0.717, 1.165) is 16.8 Å². The van der Waals surface area contributed by atoms with Crippen LogP contribution >= 0.6 is 0 Å². The molecule has 0 fully saturated rings. The third-order valence-corrected chi connectivity index (χ3v) is 4.49. The third kappa shape index (κ3) is 2.45. The van der Waals surface area contributed by atoms with E-state index in [2.05, 4.69) is 19.9 Å². The minimum Gasteiger partial charge on any atom is -0.508 e. The number of H-pyrrole nitrogens is 1. The van der Waals surface area contributed by atoms with Crippen molar-refractivity contribution in [3.05, 3.63) is 64.2 Å². The lowest BCUT2D eigenvalue weighted by Gasteiger charge is -2.13. The highest BCUT2D eigenvalue weighted by Gasteiger charge is 2.15. The summed E-state index contributed by atoms with van der Waals surface area (Å²) < 4.78 is 1.47. The fraction of sp³-hybridized carbons (Fsp3) is 0.158. The topological polar surface area (TPSA) is 96.7 Å². The van der Waals surface area contributed by atoms with Crippen LogP contribution in [0.2, 0.25) is 0 Å². The van der Waals surface area contributed by atoms with Crippen LogP contribution in [0.1, 0.15) is 17.0 Å². The number of aromatic nitrogens is 5. The number of aromatic amines is 1. The molecule has 0 amide bonds. The normalized spacial score (nSPS) is 11.2. The van der Waals surface area contributed by atoms with E-state index in [1.165, 1.54) is 10.9 Å². The van der Waals surface area contributed by atoms with Gasteiger partial charge in [0.1, 0.15) is 23.5 Å². The molecule has 0 bridgehead atoms. The predicted octanol–water partition coefficient (Wildman–Crippen LogP) is 2.80. The lowest BCUT2D eigenvalue weighted by molar-refractivity contribution is 0.470. The quantitative estimate of drug-likeness (QED) is 0.581. The van der Waals surface area contributed by atoms with Gasteiger partial charge in [-0.25, -0.2) is 15.0 Å². The van der Waals surface area contributed by atoms with E-state index in [4.69, 9.17) is 0 Å². The van der Waals surface area contributed by atoms with Gasteiger partial charge in [-0.05, 0) is 38.5 Å². The molecular weight excluding hydrogens is 330 g/mol. The number of nitrogens with zero attached hydrogens (tertiary/aromatic N) is 4. The number of benzene rings is 1. The minimum atomic E-state index is -0.206. The van der Waals surface area contributed by atoms with Crippen molar-refractivity contribution in [1.29, 1.82) is 0 Å². The number of phenolic OH excluding ortho intramolecular Hbond substituents is 1. The number of nitrogens with one attached hydrogen (secondary N) is 1. The van der Waals surface area contributed by atoms with Crippen LogP contribution in [0.25, 0.3) is 28.0 Å². The zero-order chi connectivity index (χ0) is 18.4. The van der Waals surface area contributed by atoms with Gasteiger partial charge in [0.05, 0.1) is 16.8 Å². The molecule has 130 valence electrons. The standard InChI is InChI=1S/C19H17N5O2/c1-10-4-5-16(25)11(2)17(10)24-9-22-18-14(19(24)26)6-15(23-18)13-7-20-12(3)21-8-13/h4-9,23,25H,1-3H3. The van der Waals surface area contributed by atoms with Gasteiger partial charge < -0.3 is 10.1 Å². The number of rotatable bonds is 2. The van der Waals surface area contributed by atoms with E-state index >= 15 is 0 Å². The van der Waals surface area contributed by atoms with E-state index in [1.54, 1.807) is 37.5 Å². The number of fused-ring (bicyclic) bond motifs is 1. The second-order valence-corrected chi connectivity index (χ2v) is 6.26. The molecule has 4 rings (SSSR count). The molecule has 3 heterocycles. The second-order valence-electron chi connectivity index (χ2n) is 6.26. The van der Waals surface area contributed by atoms with Crippen LogP contribution in [0.15, 0.2) is 41.7 Å². The molecule has 4 aromatic rings. The highest BCUT2D eigenvalue weighted by Crippen LogP contribution is 2.26. The van der Waals surface area contributed by atoms with Crippen molar-refractivity contribution in [2.45, 2.75) is 20.8 Å². The Morgan fingerprint density at radius 2 is 1.81 bits per heavy atom. The van der Waals surface area contributed by atoms with Crippen LogP contribution in [-0.4, -0.2) is 29.6 Å². The molecule has 3 aromatic heterocycles. The summed E-state index contributed by atoms with van der Waals surface area (Å²) >= 11 is 0. The monoisotopic (exact) mass is 347 g/mol. The molecular formula is C19H17N5O2. The molecule has 0 unspecified atom stereocenters. The van der Waals surface area contributed by atoms with Crippen molar-refractivity contribution in [2.75, 3.05) is 0 Å². The van der Waals surface area contributed by atoms with E-state index in [1.807, 2.05) is 13.8 Å². The van der Waals surface area contributed by atoms with Gasteiger partial charge in [-0.15, -0.1) is 0 Å². The zero-order valence-electron chi connectivity index (χ0n) is 14.6. The summed E-state index contributed by atoms with van der Waals surface area (Å²) in [7, 11) is 0. The van der Waals surface area contributed by atoms with Crippen LogP contribution in [0.4, 0.5) is 0 Å².